The zero-order valence-corrected chi connectivity index (χ0v) is 11.3. The fraction of sp³-hybridized carbons (Fsp3) is 0.429. The van der Waals surface area contributed by atoms with Crippen LogP contribution in [0.4, 0.5) is 0 Å². The maximum Gasteiger partial charge on any atom is 0.267 e. The van der Waals surface area contributed by atoms with Crippen molar-refractivity contribution in [3.05, 3.63) is 41.5 Å². The minimum atomic E-state index is -0.0645. The zero-order chi connectivity index (χ0) is 13.9. The van der Waals surface area contributed by atoms with Crippen LogP contribution in [0.2, 0.25) is 0 Å². The van der Waals surface area contributed by atoms with Gasteiger partial charge in [0.15, 0.2) is 0 Å². The Morgan fingerprint density at radius 2 is 2.50 bits per heavy atom. The molecule has 3 N–H and O–H groups in total. The molecule has 0 spiro atoms. The van der Waals surface area contributed by atoms with E-state index in [1.807, 2.05) is 19.2 Å². The number of nitrogens with one attached hydrogen (secondary N) is 3. The van der Waals surface area contributed by atoms with Gasteiger partial charge in [-0.2, -0.15) is 5.10 Å². The van der Waals surface area contributed by atoms with E-state index in [1.54, 1.807) is 12.4 Å². The normalized spacial score (nSPS) is 22.1. The van der Waals surface area contributed by atoms with Crippen LogP contribution in [0.1, 0.15) is 34.1 Å². The first-order valence-corrected chi connectivity index (χ1v) is 6.78. The van der Waals surface area contributed by atoms with Crippen molar-refractivity contribution in [3.63, 3.8) is 0 Å². The highest BCUT2D eigenvalue weighted by atomic mass is 16.5. The largest absolute Gasteiger partial charge is 0.373 e. The van der Waals surface area contributed by atoms with E-state index in [4.69, 9.17) is 4.74 Å². The highest BCUT2D eigenvalue weighted by Gasteiger charge is 2.30. The number of hydrogen-bond donors (Lipinski definition) is 3. The van der Waals surface area contributed by atoms with Crippen LogP contribution < -0.4 is 5.32 Å². The zero-order valence-electron chi connectivity index (χ0n) is 11.3. The number of nitrogens with zero attached hydrogens (tertiary/aromatic N) is 1. The van der Waals surface area contributed by atoms with E-state index in [-0.39, 0.29) is 17.9 Å². The van der Waals surface area contributed by atoms with Crippen LogP contribution in [0.15, 0.2) is 24.7 Å². The van der Waals surface area contributed by atoms with Crippen molar-refractivity contribution in [1.29, 1.82) is 0 Å². The molecule has 0 aromatic carbocycles. The summed E-state index contributed by atoms with van der Waals surface area (Å²) in [7, 11) is 0. The number of amides is 1. The van der Waals surface area contributed by atoms with Gasteiger partial charge < -0.3 is 15.0 Å². The molecule has 3 heterocycles. The van der Waals surface area contributed by atoms with Crippen LogP contribution in [0.25, 0.3) is 0 Å². The van der Waals surface area contributed by atoms with Crippen LogP contribution in [-0.4, -0.2) is 34.2 Å². The standard InChI is InChI=1S/C14H18N4O2/c1-9-2-4-15-12(9)14(19)16-6-10-3-5-20-13(10)11-7-17-18-8-11/h2,4,7-8,10,13,15H,3,5-6H2,1H3,(H,16,19)(H,17,18)/t10-,13+/m1/s1. The third-order valence-corrected chi connectivity index (χ3v) is 3.77. The number of aryl methyl sites for hydroxylation is 1. The van der Waals surface area contributed by atoms with E-state index < -0.39 is 0 Å². The van der Waals surface area contributed by atoms with Gasteiger partial charge in [0.05, 0.1) is 12.3 Å². The maximum atomic E-state index is 12.1. The van der Waals surface area contributed by atoms with Crippen molar-refractivity contribution in [2.24, 2.45) is 5.92 Å². The topological polar surface area (TPSA) is 82.8 Å². The number of aromatic amines is 2. The quantitative estimate of drug-likeness (QED) is 0.791. The predicted molar refractivity (Wildman–Crippen MR) is 73.3 cm³/mol. The lowest BCUT2D eigenvalue weighted by Crippen LogP contribution is -2.31. The number of hydrogen-bond acceptors (Lipinski definition) is 3. The molecule has 0 unspecified atom stereocenters. The first-order valence-electron chi connectivity index (χ1n) is 6.78. The van der Waals surface area contributed by atoms with Gasteiger partial charge in [-0.1, -0.05) is 0 Å². The first kappa shape index (κ1) is 12.9. The summed E-state index contributed by atoms with van der Waals surface area (Å²) in [5.41, 5.74) is 2.62. The summed E-state index contributed by atoms with van der Waals surface area (Å²) >= 11 is 0. The average molecular weight is 274 g/mol. The third-order valence-electron chi connectivity index (χ3n) is 3.77. The van der Waals surface area contributed by atoms with Crippen molar-refractivity contribution < 1.29 is 9.53 Å². The maximum absolute atomic E-state index is 12.1. The minimum absolute atomic E-state index is 0.0128. The molecule has 0 bridgehead atoms. The number of rotatable bonds is 4. The van der Waals surface area contributed by atoms with E-state index in [2.05, 4.69) is 20.5 Å². The molecule has 1 aliphatic heterocycles. The van der Waals surface area contributed by atoms with E-state index in [0.717, 1.165) is 24.2 Å². The van der Waals surface area contributed by atoms with E-state index in [0.29, 0.717) is 12.2 Å². The lowest BCUT2D eigenvalue weighted by Gasteiger charge is -2.17. The van der Waals surface area contributed by atoms with Crippen LogP contribution in [0.5, 0.6) is 0 Å². The summed E-state index contributed by atoms with van der Waals surface area (Å²) in [5.74, 6) is 0.220. The Labute approximate surface area is 116 Å². The van der Waals surface area contributed by atoms with Gasteiger partial charge in [-0.15, -0.1) is 0 Å². The SMILES string of the molecule is Cc1cc[nH]c1C(=O)NC[C@H]1CCO[C@@H]1c1cn[nH]c1. The molecular formula is C14H18N4O2. The Bertz CT molecular complexity index is 576. The molecule has 3 rings (SSSR count). The first-order chi connectivity index (χ1) is 9.75. The van der Waals surface area contributed by atoms with Gasteiger partial charge >= 0.3 is 0 Å². The molecule has 1 amide bonds. The summed E-state index contributed by atoms with van der Waals surface area (Å²) in [6, 6.07) is 1.89. The molecule has 2 aromatic heterocycles. The van der Waals surface area contributed by atoms with Crippen LogP contribution in [0.3, 0.4) is 0 Å². The van der Waals surface area contributed by atoms with Gasteiger partial charge in [-0.25, -0.2) is 0 Å². The molecule has 6 nitrogen and oxygen atoms in total. The van der Waals surface area contributed by atoms with Gasteiger partial charge in [0.1, 0.15) is 5.69 Å². The second-order valence-corrected chi connectivity index (χ2v) is 5.12. The summed E-state index contributed by atoms with van der Waals surface area (Å²) < 4.78 is 5.74. The van der Waals surface area contributed by atoms with Gasteiger partial charge in [0.2, 0.25) is 0 Å². The Kier molecular flexibility index (Phi) is 3.56. The van der Waals surface area contributed by atoms with Gasteiger partial charge in [-0.05, 0) is 25.0 Å². The predicted octanol–water partition coefficient (Wildman–Crippen LogP) is 1.55. The molecule has 1 aliphatic rings. The Balaban J connectivity index is 1.61. The Morgan fingerprint density at radius 3 is 3.20 bits per heavy atom. The number of carbonyl (C=O) groups excluding carboxylic acids is 1. The lowest BCUT2D eigenvalue weighted by molar-refractivity contribution is 0.0844. The second-order valence-electron chi connectivity index (χ2n) is 5.12. The molecule has 0 saturated carbocycles. The van der Waals surface area contributed by atoms with E-state index >= 15 is 0 Å². The molecule has 2 aromatic rings. The molecule has 6 heteroatoms. The fourth-order valence-electron chi connectivity index (χ4n) is 2.63. The van der Waals surface area contributed by atoms with Crippen LogP contribution in [0, 0.1) is 12.8 Å². The molecule has 0 aliphatic carbocycles. The second kappa shape index (κ2) is 5.50. The number of carbonyl (C=O) groups is 1. The van der Waals surface area contributed by atoms with Crippen molar-refractivity contribution >= 4 is 5.91 Å². The van der Waals surface area contributed by atoms with Crippen molar-refractivity contribution in [2.45, 2.75) is 19.4 Å². The number of H-pyrrole nitrogens is 2. The molecule has 0 radical (unpaired) electrons. The van der Waals surface area contributed by atoms with Crippen molar-refractivity contribution in [1.82, 2.24) is 20.5 Å². The Hall–Kier alpha value is -2.08. The third kappa shape index (κ3) is 2.46. The van der Waals surface area contributed by atoms with Crippen molar-refractivity contribution in [2.75, 3.05) is 13.2 Å². The van der Waals surface area contributed by atoms with E-state index in [1.165, 1.54) is 0 Å². The van der Waals surface area contributed by atoms with Crippen LogP contribution in [-0.2, 0) is 4.74 Å². The summed E-state index contributed by atoms with van der Waals surface area (Å²) in [6.07, 6.45) is 6.36. The monoisotopic (exact) mass is 274 g/mol. The van der Waals surface area contributed by atoms with Crippen LogP contribution >= 0.6 is 0 Å². The molecule has 106 valence electrons. The molecule has 20 heavy (non-hydrogen) atoms. The minimum Gasteiger partial charge on any atom is -0.373 e. The van der Waals surface area contributed by atoms with Gasteiger partial charge in [-0.3, -0.25) is 9.89 Å². The summed E-state index contributed by atoms with van der Waals surface area (Å²) in [4.78, 5) is 15.0. The van der Waals surface area contributed by atoms with E-state index in [9.17, 15) is 4.79 Å². The molecule has 1 saturated heterocycles. The number of aromatic nitrogens is 3. The fourth-order valence-corrected chi connectivity index (χ4v) is 2.63. The highest BCUT2D eigenvalue weighted by molar-refractivity contribution is 5.93. The molecule has 1 fully saturated rings. The summed E-state index contributed by atoms with van der Waals surface area (Å²) in [5, 5.41) is 9.73. The highest BCUT2D eigenvalue weighted by Crippen LogP contribution is 2.33. The van der Waals surface area contributed by atoms with Gasteiger partial charge in [0.25, 0.3) is 5.91 Å². The average Bonchev–Trinajstić information content (AvgIpc) is 3.16. The summed E-state index contributed by atoms with van der Waals surface area (Å²) in [6.45, 7) is 3.24. The van der Waals surface area contributed by atoms with Crippen molar-refractivity contribution in [3.8, 4) is 0 Å². The lowest BCUT2D eigenvalue weighted by atomic mass is 9.97. The molecular weight excluding hydrogens is 256 g/mol. The van der Waals surface area contributed by atoms with Gasteiger partial charge in [0, 0.05) is 37.0 Å². The number of ether oxygens (including phenoxy) is 1. The smallest absolute Gasteiger partial charge is 0.267 e. The molecule has 2 atom stereocenters. The Morgan fingerprint density at radius 1 is 1.60 bits per heavy atom.